The van der Waals surface area contributed by atoms with Gasteiger partial charge in [0, 0.05) is 23.4 Å². The van der Waals surface area contributed by atoms with E-state index < -0.39 is 11.9 Å². The molecule has 0 atom stereocenters. The minimum atomic E-state index is -0.477. The highest BCUT2D eigenvalue weighted by Gasteiger charge is 2.29. The maximum Gasteiger partial charge on any atom is 0.324 e. The van der Waals surface area contributed by atoms with E-state index in [1.54, 1.807) is 36.4 Å². The van der Waals surface area contributed by atoms with Gasteiger partial charge in [-0.2, -0.15) is 0 Å². The van der Waals surface area contributed by atoms with Crippen molar-refractivity contribution >= 4 is 23.5 Å². The molecule has 0 aliphatic carbocycles. The normalized spacial score (nSPS) is 13.1. The molecule has 152 valence electrons. The fourth-order valence-electron chi connectivity index (χ4n) is 3.02. The largest absolute Gasteiger partial charge is 0.493 e. The zero-order valence-corrected chi connectivity index (χ0v) is 16.3. The molecule has 0 saturated carbocycles. The Hall–Kier alpha value is -3.75. The zero-order valence-electron chi connectivity index (χ0n) is 16.3. The van der Waals surface area contributed by atoms with E-state index in [4.69, 9.17) is 14.2 Å². The first kappa shape index (κ1) is 20.0. The maximum atomic E-state index is 12.9. The van der Waals surface area contributed by atoms with Gasteiger partial charge in [-0.25, -0.2) is 4.79 Å². The van der Waals surface area contributed by atoms with E-state index in [-0.39, 0.29) is 19.0 Å². The molecule has 1 fully saturated rings. The number of hydrogen-bond acceptors (Lipinski definition) is 6. The van der Waals surface area contributed by atoms with Crippen molar-refractivity contribution in [3.8, 4) is 17.2 Å². The summed E-state index contributed by atoms with van der Waals surface area (Å²) >= 11 is 0. The van der Waals surface area contributed by atoms with Gasteiger partial charge in [0.25, 0.3) is 5.91 Å². The summed E-state index contributed by atoms with van der Waals surface area (Å²) in [4.78, 5) is 37.7. The molecule has 9 heteroatoms. The smallest absolute Gasteiger partial charge is 0.324 e. The molecular formula is C20H21N3O6. The van der Waals surface area contributed by atoms with E-state index in [1.807, 2.05) is 0 Å². The van der Waals surface area contributed by atoms with Crippen molar-refractivity contribution in [2.24, 2.45) is 0 Å². The molecule has 1 saturated heterocycles. The highest BCUT2D eigenvalue weighted by Crippen LogP contribution is 2.40. The van der Waals surface area contributed by atoms with Crippen LogP contribution in [-0.2, 0) is 11.3 Å². The first-order chi connectivity index (χ1) is 14.0. The molecule has 0 spiro atoms. The Balaban J connectivity index is 1.87. The van der Waals surface area contributed by atoms with E-state index in [2.05, 4.69) is 10.6 Å². The van der Waals surface area contributed by atoms with Gasteiger partial charge in [0.05, 0.1) is 34.4 Å². The van der Waals surface area contributed by atoms with Crippen molar-refractivity contribution in [1.82, 2.24) is 10.2 Å². The molecule has 0 bridgehead atoms. The van der Waals surface area contributed by atoms with Crippen LogP contribution in [0.4, 0.5) is 10.5 Å². The number of rotatable bonds is 7. The highest BCUT2D eigenvalue weighted by atomic mass is 16.5. The number of amides is 4. The molecule has 1 aliphatic heterocycles. The predicted octanol–water partition coefficient (Wildman–Crippen LogP) is 2.02. The lowest BCUT2D eigenvalue weighted by Gasteiger charge is -2.17. The lowest BCUT2D eigenvalue weighted by molar-refractivity contribution is -0.125. The van der Waals surface area contributed by atoms with Crippen LogP contribution in [0.2, 0.25) is 0 Å². The highest BCUT2D eigenvalue weighted by molar-refractivity contribution is 6.06. The number of ether oxygens (including phenoxy) is 3. The van der Waals surface area contributed by atoms with E-state index in [1.165, 1.54) is 21.3 Å². The molecule has 0 unspecified atom stereocenters. The van der Waals surface area contributed by atoms with E-state index in [0.717, 1.165) is 4.90 Å². The Bertz CT molecular complexity index is 918. The topological polar surface area (TPSA) is 106 Å². The summed E-state index contributed by atoms with van der Waals surface area (Å²) in [7, 11) is 4.46. The maximum absolute atomic E-state index is 12.9. The van der Waals surface area contributed by atoms with Crippen LogP contribution >= 0.6 is 0 Å². The van der Waals surface area contributed by atoms with Crippen LogP contribution in [0, 0.1) is 0 Å². The molecule has 2 aromatic carbocycles. The van der Waals surface area contributed by atoms with Gasteiger partial charge < -0.3 is 24.8 Å². The van der Waals surface area contributed by atoms with Crippen molar-refractivity contribution in [3.05, 3.63) is 47.5 Å². The molecule has 0 radical (unpaired) electrons. The summed E-state index contributed by atoms with van der Waals surface area (Å²) in [5.74, 6) is 0.466. The molecule has 29 heavy (non-hydrogen) atoms. The van der Waals surface area contributed by atoms with Crippen LogP contribution in [-0.4, -0.2) is 50.6 Å². The van der Waals surface area contributed by atoms with Gasteiger partial charge in [-0.3, -0.25) is 14.5 Å². The van der Waals surface area contributed by atoms with Crippen LogP contribution < -0.4 is 24.8 Å². The summed E-state index contributed by atoms with van der Waals surface area (Å²) in [6, 6.07) is 9.52. The molecule has 2 N–H and O–H groups in total. The van der Waals surface area contributed by atoms with Gasteiger partial charge >= 0.3 is 6.03 Å². The molecule has 3 rings (SSSR count). The first-order valence-electron chi connectivity index (χ1n) is 8.76. The summed E-state index contributed by atoms with van der Waals surface area (Å²) in [5.41, 5.74) is 1.32. The number of anilines is 1. The van der Waals surface area contributed by atoms with Gasteiger partial charge in [0.2, 0.25) is 11.7 Å². The summed E-state index contributed by atoms with van der Waals surface area (Å²) < 4.78 is 15.9. The van der Waals surface area contributed by atoms with Gasteiger partial charge in [0.15, 0.2) is 11.5 Å². The summed E-state index contributed by atoms with van der Waals surface area (Å²) in [6.45, 7) is -0.0395. The molecule has 0 aromatic heterocycles. The molecule has 1 aliphatic rings. The van der Waals surface area contributed by atoms with Crippen molar-refractivity contribution in [3.63, 3.8) is 0 Å². The molecular weight excluding hydrogens is 378 g/mol. The molecule has 2 aromatic rings. The van der Waals surface area contributed by atoms with Crippen molar-refractivity contribution in [1.29, 1.82) is 0 Å². The van der Waals surface area contributed by atoms with Crippen LogP contribution in [0.25, 0.3) is 0 Å². The second-order valence-corrected chi connectivity index (χ2v) is 6.16. The number of benzene rings is 2. The van der Waals surface area contributed by atoms with Crippen LogP contribution in [0.15, 0.2) is 36.4 Å². The number of nitrogens with one attached hydrogen (secondary N) is 2. The van der Waals surface area contributed by atoms with Gasteiger partial charge in [-0.05, 0) is 11.6 Å². The fourth-order valence-corrected chi connectivity index (χ4v) is 3.02. The molecule has 4 amide bonds. The third kappa shape index (κ3) is 4.08. The summed E-state index contributed by atoms with van der Waals surface area (Å²) in [6.07, 6.45) is 0. The first-order valence-corrected chi connectivity index (χ1v) is 8.76. The number of urea groups is 1. The lowest BCUT2D eigenvalue weighted by atomic mass is 10.1. The zero-order chi connectivity index (χ0) is 21.0. The van der Waals surface area contributed by atoms with Crippen molar-refractivity contribution < 1.29 is 28.6 Å². The number of carbonyl (C=O) groups excluding carboxylic acids is 3. The molecule has 9 nitrogen and oxygen atoms in total. The quantitative estimate of drug-likeness (QED) is 0.690. The van der Waals surface area contributed by atoms with Crippen molar-refractivity contribution in [2.75, 3.05) is 33.2 Å². The second kappa shape index (κ2) is 8.51. The standard InChI is InChI=1S/C20H21N3O6/c1-27-15-8-13(9-16(28-2)18(15)29-3)22-19(25)14-7-5-4-6-12(14)11-23-17(24)10-21-20(23)26/h4-9H,10-11H2,1-3H3,(H,21,26)(H,22,25). The average molecular weight is 399 g/mol. The Morgan fingerprint density at radius 1 is 1.07 bits per heavy atom. The number of nitrogens with zero attached hydrogens (tertiary/aromatic N) is 1. The monoisotopic (exact) mass is 399 g/mol. The van der Waals surface area contributed by atoms with Crippen LogP contribution in [0.3, 0.4) is 0 Å². The third-order valence-electron chi connectivity index (χ3n) is 4.45. The van der Waals surface area contributed by atoms with Gasteiger partial charge in [-0.15, -0.1) is 0 Å². The predicted molar refractivity (Wildman–Crippen MR) is 104 cm³/mol. The van der Waals surface area contributed by atoms with Crippen molar-refractivity contribution in [2.45, 2.75) is 6.54 Å². The fraction of sp³-hybridized carbons (Fsp3) is 0.250. The van der Waals surface area contributed by atoms with Gasteiger partial charge in [-0.1, -0.05) is 18.2 Å². The third-order valence-corrected chi connectivity index (χ3v) is 4.45. The SMILES string of the molecule is COc1cc(NC(=O)c2ccccc2CN2C(=O)CNC2=O)cc(OC)c1OC. The minimum Gasteiger partial charge on any atom is -0.493 e. The number of hydrogen-bond donors (Lipinski definition) is 2. The lowest BCUT2D eigenvalue weighted by Crippen LogP contribution is -2.31. The van der Waals surface area contributed by atoms with Crippen LogP contribution in [0.5, 0.6) is 17.2 Å². The Labute approximate surface area is 167 Å². The number of imide groups is 1. The number of carbonyl (C=O) groups is 3. The Morgan fingerprint density at radius 3 is 2.28 bits per heavy atom. The van der Waals surface area contributed by atoms with Crippen LogP contribution in [0.1, 0.15) is 15.9 Å². The molecule has 1 heterocycles. The number of methoxy groups -OCH3 is 3. The van der Waals surface area contributed by atoms with E-state index in [9.17, 15) is 14.4 Å². The van der Waals surface area contributed by atoms with E-state index in [0.29, 0.717) is 34.1 Å². The Morgan fingerprint density at radius 2 is 1.72 bits per heavy atom. The van der Waals surface area contributed by atoms with E-state index >= 15 is 0 Å². The minimum absolute atomic E-state index is 0.00349. The Kier molecular flexibility index (Phi) is 5.87. The average Bonchev–Trinajstić information content (AvgIpc) is 3.05. The second-order valence-electron chi connectivity index (χ2n) is 6.16. The van der Waals surface area contributed by atoms with Gasteiger partial charge in [0.1, 0.15) is 0 Å². The summed E-state index contributed by atoms with van der Waals surface area (Å²) in [5, 5.41) is 5.25.